The van der Waals surface area contributed by atoms with E-state index in [2.05, 4.69) is 5.32 Å². The van der Waals surface area contributed by atoms with Crippen LogP contribution in [-0.2, 0) is 16.2 Å². The second-order valence-electron chi connectivity index (χ2n) is 7.58. The topological polar surface area (TPSA) is 52.7 Å². The number of carbonyl (C=O) groups is 2. The van der Waals surface area contributed by atoms with Crippen LogP contribution in [0.5, 0.6) is 0 Å². The average Bonchev–Trinajstić information content (AvgIpc) is 3.33. The van der Waals surface area contributed by atoms with E-state index < -0.39 is 16.7 Å². The number of anilines is 2. The first-order valence-corrected chi connectivity index (χ1v) is 11.5. The summed E-state index contributed by atoms with van der Waals surface area (Å²) < 4.78 is 13.6. The summed E-state index contributed by atoms with van der Waals surface area (Å²) in [6, 6.07) is 20.2. The van der Waals surface area contributed by atoms with Gasteiger partial charge in [0.15, 0.2) is 4.87 Å². The van der Waals surface area contributed by atoms with Gasteiger partial charge >= 0.3 is 6.03 Å². The fourth-order valence-corrected chi connectivity index (χ4v) is 5.94. The van der Waals surface area contributed by atoms with Crippen LogP contribution < -0.4 is 10.2 Å². The zero-order valence-electron chi connectivity index (χ0n) is 16.9. The van der Waals surface area contributed by atoms with Gasteiger partial charge in [-0.15, -0.1) is 11.8 Å². The molecule has 1 atom stereocenters. The third-order valence-electron chi connectivity index (χ3n) is 5.71. The normalized spacial score (nSPS) is 19.5. The summed E-state index contributed by atoms with van der Waals surface area (Å²) in [6.07, 6.45) is 0. The second-order valence-corrected chi connectivity index (χ2v) is 9.28. The number of hydrogen-bond donors (Lipinski definition) is 1. The SMILES string of the molecule is O=C(Nc1cccc(F)c1)N1CCS[C@@]12C(=O)N(Cc1ccccc1Cl)c1ccccc12. The van der Waals surface area contributed by atoms with E-state index in [1.54, 1.807) is 21.9 Å². The van der Waals surface area contributed by atoms with E-state index in [-0.39, 0.29) is 5.91 Å². The summed E-state index contributed by atoms with van der Waals surface area (Å²) in [5, 5.41) is 3.32. The molecule has 5 nitrogen and oxygen atoms in total. The summed E-state index contributed by atoms with van der Waals surface area (Å²) in [6.45, 7) is 0.697. The van der Waals surface area contributed by atoms with E-state index in [0.717, 1.165) is 16.8 Å². The van der Waals surface area contributed by atoms with E-state index >= 15 is 0 Å². The van der Waals surface area contributed by atoms with Crippen molar-refractivity contribution in [1.82, 2.24) is 4.90 Å². The van der Waals surface area contributed by atoms with Crippen LogP contribution in [0.3, 0.4) is 0 Å². The van der Waals surface area contributed by atoms with Gasteiger partial charge in [-0.05, 0) is 35.9 Å². The Morgan fingerprint density at radius 1 is 1.09 bits per heavy atom. The fraction of sp³-hybridized carbons (Fsp3) is 0.167. The van der Waals surface area contributed by atoms with E-state index in [4.69, 9.17) is 11.6 Å². The number of amides is 3. The van der Waals surface area contributed by atoms with Gasteiger partial charge < -0.3 is 10.2 Å². The summed E-state index contributed by atoms with van der Waals surface area (Å²) in [4.78, 5) is 29.2. The molecule has 3 aromatic carbocycles. The van der Waals surface area contributed by atoms with Gasteiger partial charge in [0, 0.05) is 28.6 Å². The first-order valence-electron chi connectivity index (χ1n) is 10.1. The Morgan fingerprint density at radius 2 is 1.88 bits per heavy atom. The summed E-state index contributed by atoms with van der Waals surface area (Å²) in [7, 11) is 0. The smallest absolute Gasteiger partial charge is 0.308 e. The summed E-state index contributed by atoms with van der Waals surface area (Å²) >= 11 is 7.80. The lowest BCUT2D eigenvalue weighted by atomic mass is 10.1. The van der Waals surface area contributed by atoms with Crippen molar-refractivity contribution in [2.24, 2.45) is 0 Å². The molecule has 32 heavy (non-hydrogen) atoms. The molecule has 0 aromatic heterocycles. The lowest BCUT2D eigenvalue weighted by molar-refractivity contribution is -0.123. The molecule has 0 aliphatic carbocycles. The Kier molecular flexibility index (Phi) is 5.31. The summed E-state index contributed by atoms with van der Waals surface area (Å²) in [5.74, 6) is -0.0200. The number of halogens is 2. The molecule has 0 saturated carbocycles. The number of carbonyl (C=O) groups excluding carboxylic acids is 2. The minimum absolute atomic E-state index is 0.185. The molecule has 0 radical (unpaired) electrons. The van der Waals surface area contributed by atoms with Crippen molar-refractivity contribution in [3.05, 3.63) is 94.8 Å². The third kappa shape index (κ3) is 3.32. The number of para-hydroxylation sites is 1. The molecule has 1 N–H and O–H groups in total. The molecule has 1 fully saturated rings. The van der Waals surface area contributed by atoms with Crippen LogP contribution in [0.15, 0.2) is 72.8 Å². The van der Waals surface area contributed by atoms with Gasteiger partial charge in [0.05, 0.1) is 12.2 Å². The molecule has 0 unspecified atom stereocenters. The van der Waals surface area contributed by atoms with Crippen molar-refractivity contribution in [2.75, 3.05) is 22.5 Å². The van der Waals surface area contributed by atoms with E-state index in [9.17, 15) is 14.0 Å². The van der Waals surface area contributed by atoms with Gasteiger partial charge in [0.1, 0.15) is 5.82 Å². The zero-order valence-corrected chi connectivity index (χ0v) is 18.5. The molecule has 3 aromatic rings. The highest BCUT2D eigenvalue weighted by Crippen LogP contribution is 2.54. The van der Waals surface area contributed by atoms with Crippen LogP contribution in [0.25, 0.3) is 0 Å². The first-order chi connectivity index (χ1) is 15.5. The Morgan fingerprint density at radius 3 is 2.69 bits per heavy atom. The molecule has 0 bridgehead atoms. The molecule has 1 saturated heterocycles. The van der Waals surface area contributed by atoms with Crippen molar-refractivity contribution in [1.29, 1.82) is 0 Å². The number of nitrogens with one attached hydrogen (secondary N) is 1. The van der Waals surface area contributed by atoms with E-state index in [1.807, 2.05) is 42.5 Å². The Bertz CT molecular complexity index is 1220. The van der Waals surface area contributed by atoms with Crippen LogP contribution >= 0.6 is 23.4 Å². The van der Waals surface area contributed by atoms with E-state index in [1.165, 1.54) is 30.0 Å². The predicted octanol–water partition coefficient (Wildman–Crippen LogP) is 5.46. The quantitative estimate of drug-likeness (QED) is 0.556. The number of benzene rings is 3. The molecule has 8 heteroatoms. The predicted molar refractivity (Wildman–Crippen MR) is 125 cm³/mol. The molecule has 2 aliphatic heterocycles. The fourth-order valence-electron chi connectivity index (χ4n) is 4.28. The van der Waals surface area contributed by atoms with Gasteiger partial charge in [-0.3, -0.25) is 9.69 Å². The molecular formula is C24H19ClFN3O2S. The maximum atomic E-state index is 13.9. The maximum absolute atomic E-state index is 13.9. The molecule has 5 rings (SSSR count). The lowest BCUT2D eigenvalue weighted by Gasteiger charge is -2.33. The number of hydrogen-bond acceptors (Lipinski definition) is 3. The third-order valence-corrected chi connectivity index (χ3v) is 7.50. The van der Waals surface area contributed by atoms with Crippen molar-refractivity contribution in [3.8, 4) is 0 Å². The largest absolute Gasteiger partial charge is 0.323 e. The van der Waals surface area contributed by atoms with Gasteiger partial charge in [0.25, 0.3) is 5.91 Å². The van der Waals surface area contributed by atoms with Crippen LogP contribution in [0.4, 0.5) is 20.6 Å². The lowest BCUT2D eigenvalue weighted by Crippen LogP contribution is -2.51. The average molecular weight is 468 g/mol. The van der Waals surface area contributed by atoms with Crippen molar-refractivity contribution in [3.63, 3.8) is 0 Å². The van der Waals surface area contributed by atoms with Crippen LogP contribution in [0.1, 0.15) is 11.1 Å². The van der Waals surface area contributed by atoms with Gasteiger partial charge in [0.2, 0.25) is 0 Å². The molecule has 2 heterocycles. The van der Waals surface area contributed by atoms with Crippen molar-refractivity contribution in [2.45, 2.75) is 11.4 Å². The van der Waals surface area contributed by atoms with Gasteiger partial charge in [-0.1, -0.05) is 54.1 Å². The standard InChI is InChI=1S/C24H19ClFN3O2S/c25-20-10-3-1-6-16(20)15-28-21-11-4-2-9-19(21)24(22(28)30)29(12-13-32-24)23(31)27-18-8-5-7-17(26)14-18/h1-11,14H,12-13,15H2,(H,27,31)/t24-/m0/s1. The van der Waals surface area contributed by atoms with Gasteiger partial charge in [-0.25, -0.2) is 9.18 Å². The Labute approximate surface area is 194 Å². The van der Waals surface area contributed by atoms with Crippen LogP contribution in [0, 0.1) is 5.82 Å². The second kappa shape index (κ2) is 8.15. The number of nitrogens with zero attached hydrogens (tertiary/aromatic N) is 2. The molecule has 3 amide bonds. The number of urea groups is 1. The minimum Gasteiger partial charge on any atom is -0.308 e. The monoisotopic (exact) mass is 467 g/mol. The van der Waals surface area contributed by atoms with Crippen LogP contribution in [0.2, 0.25) is 5.02 Å². The van der Waals surface area contributed by atoms with Crippen molar-refractivity contribution < 1.29 is 14.0 Å². The minimum atomic E-state index is -1.17. The maximum Gasteiger partial charge on any atom is 0.323 e. The highest BCUT2D eigenvalue weighted by Gasteiger charge is 2.59. The first kappa shape index (κ1) is 20.8. The van der Waals surface area contributed by atoms with E-state index in [0.29, 0.717) is 29.6 Å². The highest BCUT2D eigenvalue weighted by molar-refractivity contribution is 8.01. The van der Waals surface area contributed by atoms with Crippen LogP contribution in [-0.4, -0.2) is 29.1 Å². The molecule has 162 valence electrons. The molecule has 2 aliphatic rings. The zero-order chi connectivity index (χ0) is 22.3. The number of rotatable bonds is 3. The highest BCUT2D eigenvalue weighted by atomic mass is 35.5. The molecule has 1 spiro atoms. The number of thioether (sulfide) groups is 1. The Hall–Kier alpha value is -3.03. The Balaban J connectivity index is 1.52. The summed E-state index contributed by atoms with van der Waals surface area (Å²) in [5.41, 5.74) is 2.70. The van der Waals surface area contributed by atoms with Crippen molar-refractivity contribution >= 4 is 46.7 Å². The number of fused-ring (bicyclic) bond motifs is 2. The van der Waals surface area contributed by atoms with Gasteiger partial charge in [-0.2, -0.15) is 0 Å². The molecular weight excluding hydrogens is 449 g/mol.